The summed E-state index contributed by atoms with van der Waals surface area (Å²) in [4.78, 5) is 55.7. The zero-order valence-electron chi connectivity index (χ0n) is 17.1. The number of aliphatic hydroxyl groups is 2. The third-order valence-corrected chi connectivity index (χ3v) is 0.866. The van der Waals surface area contributed by atoms with E-state index in [2.05, 4.69) is 0 Å². The van der Waals surface area contributed by atoms with Gasteiger partial charge in [-0.05, 0) is 27.7 Å². The summed E-state index contributed by atoms with van der Waals surface area (Å²) in [6.45, 7) is 6.89. The standard InChI is InChI=1S/3C3H4O4.2C3H8O.2Ti/c3*4-2(5)1-3(6)7;2*1-3(2)4;;/h3*1H2,(H,4,5)(H,6,7);2*3-4H,1-2H3;;/q;;;;;2*+3/p-6. The third-order valence-electron chi connectivity index (χ3n) is 0.866. The predicted molar refractivity (Wildman–Crippen MR) is 78.6 cm³/mol. The molecule has 0 saturated heterocycles. The van der Waals surface area contributed by atoms with E-state index in [9.17, 15) is 59.4 Å². The van der Waals surface area contributed by atoms with Gasteiger partial charge in [0, 0.05) is 67.3 Å². The van der Waals surface area contributed by atoms with Crippen LogP contribution in [-0.2, 0) is 72.2 Å². The van der Waals surface area contributed by atoms with E-state index in [1.54, 1.807) is 27.7 Å². The largest absolute Gasteiger partial charge is 3.00 e. The van der Waals surface area contributed by atoms with Crippen LogP contribution in [0.4, 0.5) is 0 Å². The fourth-order valence-corrected chi connectivity index (χ4v) is 0.354. The van der Waals surface area contributed by atoms with E-state index in [4.69, 9.17) is 10.2 Å². The Kier molecular flexibility index (Phi) is 49.9. The molecular weight excluding hydrogens is 500 g/mol. The topological polar surface area (TPSA) is 281 Å². The summed E-state index contributed by atoms with van der Waals surface area (Å²) in [6, 6.07) is 0. The average molecular weight is 522 g/mol. The van der Waals surface area contributed by atoms with E-state index in [1.165, 1.54) is 0 Å². The van der Waals surface area contributed by atoms with Crippen molar-refractivity contribution in [3.8, 4) is 0 Å². The zero-order valence-corrected chi connectivity index (χ0v) is 20.2. The minimum absolute atomic E-state index is 0. The Balaban J connectivity index is -0.0000000467. The summed E-state index contributed by atoms with van der Waals surface area (Å²) in [7, 11) is 0. The van der Waals surface area contributed by atoms with Gasteiger partial charge >= 0.3 is 43.4 Å². The van der Waals surface area contributed by atoms with Crippen LogP contribution in [0.3, 0.4) is 0 Å². The van der Waals surface area contributed by atoms with Crippen LogP contribution in [-0.4, -0.2) is 58.2 Å². The molecule has 0 bridgehead atoms. The molecule has 16 heteroatoms. The first-order chi connectivity index (χ1) is 12.8. The van der Waals surface area contributed by atoms with Crippen LogP contribution >= 0.6 is 0 Å². The molecule has 0 saturated carbocycles. The summed E-state index contributed by atoms with van der Waals surface area (Å²) in [6.07, 6.45) is -3.42. The van der Waals surface area contributed by atoms with Crippen molar-refractivity contribution in [3.05, 3.63) is 0 Å². The molecule has 0 rings (SSSR count). The van der Waals surface area contributed by atoms with Crippen LogP contribution in [0.15, 0.2) is 0 Å². The monoisotopic (exact) mass is 522 g/mol. The molecule has 174 valence electrons. The van der Waals surface area contributed by atoms with Gasteiger partial charge in [0.25, 0.3) is 0 Å². The van der Waals surface area contributed by atoms with Crippen LogP contribution in [0.5, 0.6) is 0 Å². The van der Waals surface area contributed by atoms with Crippen molar-refractivity contribution < 1.29 is 113 Å². The number of carbonyl (C=O) groups excluding carboxylic acids is 6. The first kappa shape index (κ1) is 47.1. The van der Waals surface area contributed by atoms with Crippen molar-refractivity contribution in [1.29, 1.82) is 0 Å². The quantitative estimate of drug-likeness (QED) is 0.242. The molecule has 0 amide bonds. The van der Waals surface area contributed by atoms with Crippen LogP contribution in [0, 0.1) is 0 Å². The van der Waals surface area contributed by atoms with Gasteiger partial charge in [-0.15, -0.1) is 0 Å². The molecule has 0 aromatic heterocycles. The molecule has 0 aromatic carbocycles. The normalized spacial score (nSPS) is 7.74. The number of carboxylic acid groups (broad SMARTS) is 6. The molecule has 2 N–H and O–H groups in total. The molecular formula is C15H22O14Ti2. The van der Waals surface area contributed by atoms with E-state index >= 15 is 0 Å². The summed E-state index contributed by atoms with van der Waals surface area (Å²) >= 11 is 0. The van der Waals surface area contributed by atoms with Crippen LogP contribution in [0.2, 0.25) is 0 Å². The minimum Gasteiger partial charge on any atom is -0.550 e. The number of hydrogen-bond acceptors (Lipinski definition) is 14. The van der Waals surface area contributed by atoms with Crippen molar-refractivity contribution >= 4 is 35.8 Å². The van der Waals surface area contributed by atoms with Crippen LogP contribution < -0.4 is 30.6 Å². The maximum Gasteiger partial charge on any atom is 3.00 e. The second-order valence-electron chi connectivity index (χ2n) is 4.95. The Labute approximate surface area is 207 Å². The zero-order chi connectivity index (χ0) is 24.7. The van der Waals surface area contributed by atoms with Gasteiger partial charge in [-0.1, -0.05) is 0 Å². The molecule has 0 fully saturated rings. The summed E-state index contributed by atoms with van der Waals surface area (Å²) in [5, 5.41) is 71.8. The average Bonchev–Trinajstić information content (AvgIpc) is 2.32. The molecule has 31 heavy (non-hydrogen) atoms. The molecule has 0 aliphatic heterocycles. The second kappa shape index (κ2) is 32.8. The summed E-state index contributed by atoms with van der Waals surface area (Å²) in [5.74, 6) is -9.75. The molecule has 14 nitrogen and oxygen atoms in total. The van der Waals surface area contributed by atoms with Crippen molar-refractivity contribution in [1.82, 2.24) is 0 Å². The van der Waals surface area contributed by atoms with Crippen molar-refractivity contribution in [2.24, 2.45) is 0 Å². The Morgan fingerprint density at radius 2 is 0.548 bits per heavy atom. The molecule has 0 unspecified atom stereocenters. The number of carboxylic acids is 6. The molecule has 0 aliphatic carbocycles. The van der Waals surface area contributed by atoms with Crippen molar-refractivity contribution in [2.45, 2.75) is 59.2 Å². The Morgan fingerprint density at radius 1 is 0.484 bits per heavy atom. The van der Waals surface area contributed by atoms with Gasteiger partial charge in [0.15, 0.2) is 0 Å². The van der Waals surface area contributed by atoms with Crippen molar-refractivity contribution in [3.63, 3.8) is 0 Å². The molecule has 0 aromatic rings. The van der Waals surface area contributed by atoms with E-state index in [1.807, 2.05) is 0 Å². The van der Waals surface area contributed by atoms with E-state index in [0.29, 0.717) is 0 Å². The van der Waals surface area contributed by atoms with Gasteiger partial charge in [-0.2, -0.15) is 0 Å². The molecule has 0 heterocycles. The fourth-order valence-electron chi connectivity index (χ4n) is 0.354. The number of rotatable bonds is 6. The van der Waals surface area contributed by atoms with Gasteiger partial charge in [0.2, 0.25) is 0 Å². The van der Waals surface area contributed by atoms with E-state index < -0.39 is 55.1 Å². The molecule has 2 radical (unpaired) electrons. The van der Waals surface area contributed by atoms with Gasteiger partial charge in [-0.3, -0.25) is 0 Å². The minimum atomic E-state index is -1.63. The van der Waals surface area contributed by atoms with Crippen LogP contribution in [0.1, 0.15) is 47.0 Å². The SMILES string of the molecule is CC(C)O.CC(C)O.O=C([O-])CC(=O)[O-].O=C([O-])CC(=O)[O-].O=C([O-])CC(=O)[O-].[Ti+3].[Ti+3]. The Hall–Kier alpha value is -1.83. The van der Waals surface area contributed by atoms with Gasteiger partial charge in [0.1, 0.15) is 0 Å². The number of carbonyl (C=O) groups is 6. The van der Waals surface area contributed by atoms with Gasteiger partial charge in [-0.25, -0.2) is 0 Å². The van der Waals surface area contributed by atoms with Gasteiger partial charge in [0.05, 0.1) is 0 Å². The Bertz CT molecular complexity index is 397. The fraction of sp³-hybridized carbons (Fsp3) is 0.600. The summed E-state index contributed by atoms with van der Waals surface area (Å²) < 4.78 is 0. The van der Waals surface area contributed by atoms with E-state index in [-0.39, 0.29) is 55.6 Å². The maximum absolute atomic E-state index is 9.28. The maximum atomic E-state index is 9.28. The first-order valence-electron chi connectivity index (χ1n) is 7.40. The predicted octanol–water partition coefficient (Wildman–Crippen LogP) is -8.60. The third kappa shape index (κ3) is 187. The smallest absolute Gasteiger partial charge is 0.550 e. The Morgan fingerprint density at radius 3 is 0.548 bits per heavy atom. The second-order valence-corrected chi connectivity index (χ2v) is 4.95. The molecule has 0 spiro atoms. The number of aliphatic carboxylic acids is 6. The molecule has 0 aliphatic rings. The molecule has 0 atom stereocenters. The van der Waals surface area contributed by atoms with E-state index in [0.717, 1.165) is 0 Å². The van der Waals surface area contributed by atoms with Crippen LogP contribution in [0.25, 0.3) is 0 Å². The van der Waals surface area contributed by atoms with Gasteiger partial charge < -0.3 is 69.6 Å². The summed E-state index contributed by atoms with van der Waals surface area (Å²) in [5.41, 5.74) is 0. The first-order valence-corrected chi connectivity index (χ1v) is 7.40. The van der Waals surface area contributed by atoms with Crippen molar-refractivity contribution in [2.75, 3.05) is 0 Å². The number of hydrogen-bond donors (Lipinski definition) is 2. The number of aliphatic hydroxyl groups excluding tert-OH is 2.